The predicted molar refractivity (Wildman–Crippen MR) is 84.5 cm³/mol. The summed E-state index contributed by atoms with van der Waals surface area (Å²) < 4.78 is 0. The minimum atomic E-state index is 0.474. The lowest BCUT2D eigenvalue weighted by molar-refractivity contribution is 0.628. The Morgan fingerprint density at radius 1 is 1.17 bits per heavy atom. The maximum atomic E-state index is 3.43. The van der Waals surface area contributed by atoms with Gasteiger partial charge >= 0.3 is 0 Å². The van der Waals surface area contributed by atoms with Crippen LogP contribution < -0.4 is 5.32 Å². The molecule has 0 aliphatic rings. The van der Waals surface area contributed by atoms with Gasteiger partial charge in [0.25, 0.3) is 0 Å². The highest BCUT2D eigenvalue weighted by atomic mass is 32.2. The molecule has 1 nitrogen and oxygen atoms in total. The summed E-state index contributed by atoms with van der Waals surface area (Å²) in [5.74, 6) is 3.24. The number of nitrogens with one attached hydrogen (secondary N) is 1. The minimum Gasteiger partial charge on any atom is -0.312 e. The van der Waals surface area contributed by atoms with Crippen LogP contribution in [0.3, 0.4) is 0 Å². The molecule has 1 rings (SSSR count). The first-order chi connectivity index (χ1) is 8.54. The van der Waals surface area contributed by atoms with Gasteiger partial charge in [0.15, 0.2) is 0 Å². The smallest absolute Gasteiger partial charge is 0.0409 e. The van der Waals surface area contributed by atoms with Gasteiger partial charge in [-0.05, 0) is 55.7 Å². The third-order valence-electron chi connectivity index (χ3n) is 3.41. The van der Waals surface area contributed by atoms with Gasteiger partial charge in [0, 0.05) is 11.8 Å². The van der Waals surface area contributed by atoms with Crippen LogP contribution in [0.1, 0.15) is 43.0 Å². The van der Waals surface area contributed by atoms with E-state index < -0.39 is 0 Å². The maximum absolute atomic E-state index is 3.43. The number of aryl methyl sites for hydroxylation is 2. The van der Waals surface area contributed by atoms with E-state index in [0.717, 1.165) is 11.7 Å². The highest BCUT2D eigenvalue weighted by molar-refractivity contribution is 7.99. The van der Waals surface area contributed by atoms with Crippen molar-refractivity contribution in [1.29, 1.82) is 0 Å². The Bertz CT molecular complexity index is 360. The van der Waals surface area contributed by atoms with Gasteiger partial charge in [-0.2, -0.15) is 11.8 Å². The molecule has 0 amide bonds. The van der Waals surface area contributed by atoms with Crippen LogP contribution in [-0.4, -0.2) is 18.6 Å². The van der Waals surface area contributed by atoms with Gasteiger partial charge in [-0.15, -0.1) is 0 Å². The summed E-state index contributed by atoms with van der Waals surface area (Å²) in [7, 11) is 2.06. The quantitative estimate of drug-likeness (QED) is 0.736. The number of hydrogen-bond donors (Lipinski definition) is 1. The lowest BCUT2D eigenvalue weighted by atomic mass is 10.0. The Balaban J connectivity index is 2.52. The normalized spacial score (nSPS) is 13.0. The van der Waals surface area contributed by atoms with Crippen molar-refractivity contribution in [3.05, 3.63) is 34.9 Å². The van der Waals surface area contributed by atoms with E-state index in [-0.39, 0.29) is 0 Å². The molecule has 0 radical (unpaired) electrons. The Hall–Kier alpha value is -0.470. The lowest BCUT2D eigenvalue weighted by Gasteiger charge is -2.18. The second-order valence-corrected chi connectivity index (χ2v) is 6.59. The van der Waals surface area contributed by atoms with Crippen LogP contribution >= 0.6 is 11.8 Å². The second kappa shape index (κ2) is 7.85. The summed E-state index contributed by atoms with van der Waals surface area (Å²) in [5.41, 5.74) is 4.18. The van der Waals surface area contributed by atoms with Gasteiger partial charge in [-0.25, -0.2) is 0 Å². The van der Waals surface area contributed by atoms with E-state index in [0.29, 0.717) is 6.04 Å². The van der Waals surface area contributed by atoms with Crippen molar-refractivity contribution in [2.75, 3.05) is 18.6 Å². The van der Waals surface area contributed by atoms with Crippen LogP contribution in [0.2, 0.25) is 0 Å². The molecule has 0 saturated carbocycles. The molecule has 102 valence electrons. The molecule has 1 N–H and O–H groups in total. The molecule has 0 aliphatic carbocycles. The fourth-order valence-electron chi connectivity index (χ4n) is 1.85. The third-order valence-corrected chi connectivity index (χ3v) is 4.50. The van der Waals surface area contributed by atoms with Gasteiger partial charge in [-0.1, -0.05) is 32.0 Å². The van der Waals surface area contributed by atoms with Crippen LogP contribution in [0.25, 0.3) is 0 Å². The first-order valence-electron chi connectivity index (χ1n) is 6.86. The maximum Gasteiger partial charge on any atom is 0.0409 e. The fourth-order valence-corrected chi connectivity index (χ4v) is 3.25. The molecule has 0 bridgehead atoms. The summed E-state index contributed by atoms with van der Waals surface area (Å²) in [6.45, 7) is 8.95. The van der Waals surface area contributed by atoms with E-state index in [2.05, 4.69) is 70.0 Å². The average molecular weight is 265 g/mol. The van der Waals surface area contributed by atoms with Crippen LogP contribution in [0.15, 0.2) is 18.2 Å². The second-order valence-electron chi connectivity index (χ2n) is 5.44. The summed E-state index contributed by atoms with van der Waals surface area (Å²) in [4.78, 5) is 0. The molecule has 0 spiro atoms. The molecule has 0 aromatic heterocycles. The number of benzene rings is 1. The molecule has 1 atom stereocenters. The topological polar surface area (TPSA) is 12.0 Å². The Kier molecular flexibility index (Phi) is 6.80. The van der Waals surface area contributed by atoms with E-state index in [1.54, 1.807) is 0 Å². The van der Waals surface area contributed by atoms with Crippen molar-refractivity contribution in [3.63, 3.8) is 0 Å². The standard InChI is InChI=1S/C16H27NS/c1-12(2)8-9-18-11-16(17-5)15-7-6-13(3)14(4)10-15/h6-7,10,12,16-17H,8-9,11H2,1-5H3. The van der Waals surface area contributed by atoms with Crippen molar-refractivity contribution >= 4 is 11.8 Å². The summed E-state index contributed by atoms with van der Waals surface area (Å²) in [6.07, 6.45) is 1.31. The van der Waals surface area contributed by atoms with Crippen LogP contribution in [-0.2, 0) is 0 Å². The van der Waals surface area contributed by atoms with Crippen molar-refractivity contribution in [1.82, 2.24) is 5.32 Å². The van der Waals surface area contributed by atoms with Gasteiger partial charge in [0.2, 0.25) is 0 Å². The molecule has 18 heavy (non-hydrogen) atoms. The average Bonchev–Trinajstić information content (AvgIpc) is 2.33. The monoisotopic (exact) mass is 265 g/mol. The number of hydrogen-bond acceptors (Lipinski definition) is 2. The van der Waals surface area contributed by atoms with Gasteiger partial charge in [0.05, 0.1) is 0 Å². The van der Waals surface area contributed by atoms with E-state index >= 15 is 0 Å². The zero-order valence-corrected chi connectivity index (χ0v) is 13.2. The Labute approximate surface area is 117 Å². The highest BCUT2D eigenvalue weighted by Crippen LogP contribution is 2.21. The van der Waals surface area contributed by atoms with Gasteiger partial charge in [0.1, 0.15) is 0 Å². The molecule has 2 heteroatoms. The molecule has 1 aromatic rings. The van der Waals surface area contributed by atoms with Crippen molar-refractivity contribution in [3.8, 4) is 0 Å². The molecular weight excluding hydrogens is 238 g/mol. The molecule has 1 unspecified atom stereocenters. The first kappa shape index (κ1) is 15.6. The van der Waals surface area contributed by atoms with Crippen LogP contribution in [0, 0.1) is 19.8 Å². The number of thioether (sulfide) groups is 1. The first-order valence-corrected chi connectivity index (χ1v) is 8.02. The van der Waals surface area contributed by atoms with Crippen LogP contribution in [0.4, 0.5) is 0 Å². The third kappa shape index (κ3) is 5.03. The Morgan fingerprint density at radius 3 is 2.44 bits per heavy atom. The van der Waals surface area contributed by atoms with Gasteiger partial charge in [-0.3, -0.25) is 0 Å². The largest absolute Gasteiger partial charge is 0.312 e. The summed E-state index contributed by atoms with van der Waals surface area (Å²) in [5, 5.41) is 3.43. The molecular formula is C16H27NS. The van der Waals surface area contributed by atoms with Crippen molar-refractivity contribution in [2.24, 2.45) is 5.92 Å². The highest BCUT2D eigenvalue weighted by Gasteiger charge is 2.10. The molecule has 0 aliphatic heterocycles. The molecule has 1 aromatic carbocycles. The molecule has 0 fully saturated rings. The van der Waals surface area contributed by atoms with Crippen LogP contribution in [0.5, 0.6) is 0 Å². The van der Waals surface area contributed by atoms with E-state index in [1.165, 1.54) is 28.9 Å². The predicted octanol–water partition coefficient (Wildman–Crippen LogP) is 4.34. The molecule has 0 saturated heterocycles. The van der Waals surface area contributed by atoms with E-state index in [1.807, 2.05) is 0 Å². The van der Waals surface area contributed by atoms with E-state index in [9.17, 15) is 0 Å². The zero-order valence-electron chi connectivity index (χ0n) is 12.4. The fraction of sp³-hybridized carbons (Fsp3) is 0.625. The van der Waals surface area contributed by atoms with Crippen molar-refractivity contribution < 1.29 is 0 Å². The number of rotatable bonds is 7. The van der Waals surface area contributed by atoms with Gasteiger partial charge < -0.3 is 5.32 Å². The minimum absolute atomic E-state index is 0.474. The summed E-state index contributed by atoms with van der Waals surface area (Å²) >= 11 is 2.06. The molecule has 0 heterocycles. The SMILES string of the molecule is CNC(CSCCC(C)C)c1ccc(C)c(C)c1. The van der Waals surface area contributed by atoms with E-state index in [4.69, 9.17) is 0 Å². The summed E-state index contributed by atoms with van der Waals surface area (Å²) in [6, 6.07) is 7.28. The van der Waals surface area contributed by atoms with Crippen molar-refractivity contribution in [2.45, 2.75) is 40.2 Å². The zero-order chi connectivity index (χ0) is 13.5. The Morgan fingerprint density at radius 2 is 1.89 bits per heavy atom. The lowest BCUT2D eigenvalue weighted by Crippen LogP contribution is -2.19.